The minimum absolute atomic E-state index is 0.344. The summed E-state index contributed by atoms with van der Waals surface area (Å²) in [7, 11) is -3.08. The van der Waals surface area contributed by atoms with Crippen LogP contribution in [0.3, 0.4) is 0 Å². The van der Waals surface area contributed by atoms with Gasteiger partial charge in [0.2, 0.25) is 0 Å². The maximum atomic E-state index is 12.4. The molecule has 0 spiro atoms. The lowest BCUT2D eigenvalue weighted by molar-refractivity contribution is 0.117. The van der Waals surface area contributed by atoms with Crippen molar-refractivity contribution in [3.8, 4) is 0 Å². The fourth-order valence-corrected chi connectivity index (χ4v) is 3.51. The van der Waals surface area contributed by atoms with Crippen molar-refractivity contribution in [3.63, 3.8) is 0 Å². The molecule has 1 rings (SSSR count). The van der Waals surface area contributed by atoms with Gasteiger partial charge in [0.25, 0.3) is 0 Å². The molecule has 0 aliphatic rings. The van der Waals surface area contributed by atoms with E-state index in [1.807, 2.05) is 37.3 Å². The predicted octanol–water partition coefficient (Wildman–Crippen LogP) is 4.70. The largest absolute Gasteiger partial charge is 0.440 e. The number of carbonyl (C=O) groups excluding carboxylic acids is 1. The molecule has 23 heavy (non-hydrogen) atoms. The van der Waals surface area contributed by atoms with Gasteiger partial charge in [0.1, 0.15) is 11.7 Å². The number of rotatable bonds is 8. The van der Waals surface area contributed by atoms with Crippen molar-refractivity contribution in [3.05, 3.63) is 48.6 Å². The number of allylic oxidation sites excluding steroid dienone is 1. The van der Waals surface area contributed by atoms with Gasteiger partial charge in [-0.3, -0.25) is 0 Å². The van der Waals surface area contributed by atoms with Crippen molar-refractivity contribution >= 4 is 21.4 Å². The molecule has 0 saturated heterocycles. The molecule has 0 aliphatic carbocycles. The van der Waals surface area contributed by atoms with Crippen molar-refractivity contribution in [2.75, 3.05) is 0 Å². The van der Waals surface area contributed by atoms with E-state index in [4.69, 9.17) is 9.52 Å². The number of carbonyl (C=O) groups is 1. The van der Waals surface area contributed by atoms with Crippen LogP contribution >= 0.6 is 0 Å². The smallest absolute Gasteiger partial charge is 0.434 e. The summed E-state index contributed by atoms with van der Waals surface area (Å²) >= 11 is 0. The summed E-state index contributed by atoms with van der Waals surface area (Å²) in [6.07, 6.45) is 2.29. The van der Waals surface area contributed by atoms with Crippen LogP contribution in [0.1, 0.15) is 44.8 Å². The Hall–Kier alpha value is -1.95. The van der Waals surface area contributed by atoms with E-state index in [2.05, 4.69) is 11.6 Å². The molecular weight excluding hydrogens is 312 g/mol. The molecule has 0 heterocycles. The van der Waals surface area contributed by atoms with Crippen molar-refractivity contribution in [2.24, 2.45) is 4.99 Å². The van der Waals surface area contributed by atoms with Crippen LogP contribution in [0.15, 0.2) is 48.0 Å². The Morgan fingerprint density at radius 2 is 2.09 bits per heavy atom. The topological polar surface area (TPSA) is 79.6 Å². The first kappa shape index (κ1) is 19.1. The van der Waals surface area contributed by atoms with Crippen LogP contribution in [0.2, 0.25) is 0 Å². The Morgan fingerprint density at radius 3 is 2.65 bits per heavy atom. The van der Waals surface area contributed by atoms with Crippen molar-refractivity contribution in [2.45, 2.75) is 44.5 Å². The van der Waals surface area contributed by atoms with Gasteiger partial charge >= 0.3 is 6.09 Å². The Balaban J connectivity index is 2.67. The molecule has 1 unspecified atom stereocenters. The van der Waals surface area contributed by atoms with Gasteiger partial charge in [0, 0.05) is 5.25 Å². The third-order valence-electron chi connectivity index (χ3n) is 3.50. The lowest BCUT2D eigenvalue weighted by Crippen LogP contribution is -2.20. The van der Waals surface area contributed by atoms with Gasteiger partial charge in [-0.25, -0.2) is 13.8 Å². The predicted molar refractivity (Wildman–Crippen MR) is 94.2 cm³/mol. The number of benzene rings is 1. The quantitative estimate of drug-likeness (QED) is 0.424. The monoisotopic (exact) mass is 336 g/mol. The molecule has 0 bridgehead atoms. The molecular formula is C17H24N2O3S. The molecule has 0 fully saturated rings. The molecule has 0 saturated carbocycles. The third kappa shape index (κ3) is 6.36. The van der Waals surface area contributed by atoms with E-state index < -0.39 is 21.9 Å². The molecule has 0 radical (unpaired) electrons. The second kappa shape index (κ2) is 9.25. The maximum Gasteiger partial charge on any atom is 0.434 e. The maximum absolute atomic E-state index is 12.4. The number of hydrogen-bond donors (Lipinski definition) is 1. The molecule has 126 valence electrons. The van der Waals surface area contributed by atoms with Crippen LogP contribution in [-0.2, 0) is 14.5 Å². The summed E-state index contributed by atoms with van der Waals surface area (Å²) in [6, 6.07) is 9.27. The first-order chi connectivity index (χ1) is 10.9. The van der Waals surface area contributed by atoms with Crippen LogP contribution in [0.4, 0.5) is 4.79 Å². The van der Waals surface area contributed by atoms with E-state index in [1.165, 1.54) is 0 Å². The van der Waals surface area contributed by atoms with Crippen molar-refractivity contribution in [1.82, 2.24) is 0 Å². The summed E-state index contributed by atoms with van der Waals surface area (Å²) in [6.45, 7) is 7.23. The number of nitrogens with zero attached hydrogens (tertiary/aromatic N) is 1. The number of hydrogen-bond acceptors (Lipinski definition) is 4. The van der Waals surface area contributed by atoms with Crippen molar-refractivity contribution < 1.29 is 13.7 Å². The van der Waals surface area contributed by atoms with Gasteiger partial charge < -0.3 is 4.74 Å². The zero-order chi connectivity index (χ0) is 17.3. The summed E-state index contributed by atoms with van der Waals surface area (Å²) in [5, 5.41) is -0.344. The number of nitrogens with one attached hydrogen (secondary N) is 1. The number of aliphatic imine (C=N–C) groups is 1. The van der Waals surface area contributed by atoms with Crippen molar-refractivity contribution in [1.29, 1.82) is 4.78 Å². The van der Waals surface area contributed by atoms with E-state index >= 15 is 0 Å². The fraction of sp³-hybridized carbons (Fsp3) is 0.412. The molecule has 1 aromatic carbocycles. The van der Waals surface area contributed by atoms with Crippen LogP contribution in [0.5, 0.6) is 0 Å². The average Bonchev–Trinajstić information content (AvgIpc) is 2.54. The van der Waals surface area contributed by atoms with Crippen LogP contribution in [0, 0.1) is 4.78 Å². The van der Waals surface area contributed by atoms with Gasteiger partial charge in [-0.1, -0.05) is 43.3 Å². The Kier molecular flexibility index (Phi) is 7.68. The zero-order valence-electron chi connectivity index (χ0n) is 13.6. The second-order valence-corrected chi connectivity index (χ2v) is 7.39. The lowest BCUT2D eigenvalue weighted by Gasteiger charge is -2.14. The molecule has 1 N–H and O–H groups in total. The van der Waals surface area contributed by atoms with E-state index in [0.717, 1.165) is 11.1 Å². The Labute approximate surface area is 138 Å². The van der Waals surface area contributed by atoms with Gasteiger partial charge in [-0.2, -0.15) is 4.99 Å². The molecule has 6 heteroatoms. The van der Waals surface area contributed by atoms with Gasteiger partial charge in [0.15, 0.2) is 0 Å². The zero-order valence-corrected chi connectivity index (χ0v) is 14.4. The Bertz CT molecular complexity index is 639. The summed E-state index contributed by atoms with van der Waals surface area (Å²) in [5.41, 5.74) is 1.78. The summed E-state index contributed by atoms with van der Waals surface area (Å²) < 4.78 is 25.5. The average molecular weight is 336 g/mol. The first-order valence-electron chi connectivity index (χ1n) is 7.58. The molecule has 0 aliphatic heterocycles. The molecule has 1 aromatic rings. The second-order valence-electron chi connectivity index (χ2n) is 5.22. The van der Waals surface area contributed by atoms with E-state index in [0.29, 0.717) is 19.3 Å². The molecule has 0 aromatic heterocycles. The van der Waals surface area contributed by atoms with Crippen LogP contribution in [0.25, 0.3) is 0 Å². The SMILES string of the molecule is C=CCC[C@@H](CC)S(=N)(=O)C=NC(=O)O[C@@H](C)c1ccccc1. The highest BCUT2D eigenvalue weighted by molar-refractivity contribution is 8.05. The number of ether oxygens (including phenoxy) is 1. The van der Waals surface area contributed by atoms with E-state index in [-0.39, 0.29) is 5.25 Å². The Morgan fingerprint density at radius 1 is 1.43 bits per heavy atom. The van der Waals surface area contributed by atoms with Crippen LogP contribution < -0.4 is 0 Å². The molecule has 1 amide bonds. The summed E-state index contributed by atoms with van der Waals surface area (Å²) in [4.78, 5) is 15.3. The van der Waals surface area contributed by atoms with Gasteiger partial charge in [-0.15, -0.1) is 6.58 Å². The molecule has 5 nitrogen and oxygen atoms in total. The molecule has 3 atom stereocenters. The minimum Gasteiger partial charge on any atom is -0.440 e. The minimum atomic E-state index is -3.08. The van der Waals surface area contributed by atoms with Crippen LogP contribution in [-0.4, -0.2) is 21.1 Å². The highest BCUT2D eigenvalue weighted by Gasteiger charge is 2.18. The summed E-state index contributed by atoms with van der Waals surface area (Å²) in [5.74, 6) is 0. The fourth-order valence-electron chi connectivity index (χ4n) is 2.11. The first-order valence-corrected chi connectivity index (χ1v) is 9.27. The third-order valence-corrected chi connectivity index (χ3v) is 5.48. The van der Waals surface area contributed by atoms with Gasteiger partial charge in [0.05, 0.1) is 9.73 Å². The standard InChI is InChI=1S/C17H24N2O3S/c1-4-6-12-16(5-2)23(18,21)13-19-17(20)22-14(3)15-10-8-7-9-11-15/h4,7-11,13-14,16,18H,1,5-6,12H2,2-3H3/t14-,16+,23?/m0/s1. The van der Waals surface area contributed by atoms with E-state index in [1.54, 1.807) is 13.0 Å². The highest BCUT2D eigenvalue weighted by Crippen LogP contribution is 2.17. The lowest BCUT2D eigenvalue weighted by atomic mass is 10.1. The van der Waals surface area contributed by atoms with Gasteiger partial charge in [-0.05, 0) is 31.7 Å². The highest BCUT2D eigenvalue weighted by atomic mass is 32.2. The normalized spacial score (nSPS) is 16.4. The number of amides is 1. The van der Waals surface area contributed by atoms with E-state index in [9.17, 15) is 9.00 Å².